The topological polar surface area (TPSA) is 21.5 Å². The lowest BCUT2D eigenvalue weighted by atomic mass is 10.0. The van der Waals surface area contributed by atoms with Gasteiger partial charge in [-0.15, -0.1) is 0 Å². The first kappa shape index (κ1) is 9.78. The van der Waals surface area contributed by atoms with Crippen LogP contribution in [0.1, 0.15) is 37.9 Å². The van der Waals surface area contributed by atoms with Crippen molar-refractivity contribution < 1.29 is 5.32 Å². The Bertz CT molecular complexity index is 290. The van der Waals surface area contributed by atoms with Gasteiger partial charge in [-0.1, -0.05) is 6.92 Å². The summed E-state index contributed by atoms with van der Waals surface area (Å²) >= 11 is 0. The van der Waals surface area contributed by atoms with Crippen molar-refractivity contribution in [2.75, 3.05) is 6.54 Å². The molecule has 1 fully saturated rings. The van der Waals surface area contributed by atoms with Gasteiger partial charge >= 0.3 is 0 Å². The van der Waals surface area contributed by atoms with E-state index in [-0.39, 0.29) is 0 Å². The fourth-order valence-corrected chi connectivity index (χ4v) is 2.44. The van der Waals surface area contributed by atoms with Gasteiger partial charge in [0.1, 0.15) is 6.04 Å². The molecule has 2 N–H and O–H groups in total. The van der Waals surface area contributed by atoms with Crippen LogP contribution in [0, 0.1) is 5.92 Å². The summed E-state index contributed by atoms with van der Waals surface area (Å²) in [4.78, 5) is 0. The van der Waals surface area contributed by atoms with Gasteiger partial charge in [-0.05, 0) is 30.9 Å². The molecule has 0 unspecified atom stereocenters. The van der Waals surface area contributed by atoms with Crippen molar-refractivity contribution in [3.63, 3.8) is 0 Å². The number of aryl methyl sites for hydroxylation is 1. The largest absolute Gasteiger partial charge is 0.350 e. The van der Waals surface area contributed by atoms with Crippen molar-refractivity contribution in [2.24, 2.45) is 13.0 Å². The highest BCUT2D eigenvalue weighted by atomic mass is 15.0. The van der Waals surface area contributed by atoms with Gasteiger partial charge in [-0.25, -0.2) is 0 Å². The standard InChI is InChI=1S/C12H20N2/c1-10-5-6-11(13-8-7-10)12-4-3-9-14(12)2/h3-4,9-11,13H,5-8H2,1-2H3/p+1/t10-,11-/m1/s1. The summed E-state index contributed by atoms with van der Waals surface area (Å²) < 4.78 is 2.26. The summed E-state index contributed by atoms with van der Waals surface area (Å²) in [6.07, 6.45) is 6.24. The van der Waals surface area contributed by atoms with Crippen molar-refractivity contribution in [1.29, 1.82) is 0 Å². The fraction of sp³-hybridized carbons (Fsp3) is 0.667. The van der Waals surface area contributed by atoms with Crippen LogP contribution in [0.2, 0.25) is 0 Å². The van der Waals surface area contributed by atoms with Crippen LogP contribution in [0.15, 0.2) is 18.3 Å². The van der Waals surface area contributed by atoms with E-state index in [4.69, 9.17) is 0 Å². The van der Waals surface area contributed by atoms with E-state index >= 15 is 0 Å². The number of quaternary nitrogens is 1. The Morgan fingerprint density at radius 2 is 2.21 bits per heavy atom. The zero-order valence-corrected chi connectivity index (χ0v) is 9.24. The van der Waals surface area contributed by atoms with Gasteiger partial charge in [0.2, 0.25) is 0 Å². The van der Waals surface area contributed by atoms with Gasteiger partial charge in [0.15, 0.2) is 0 Å². The van der Waals surface area contributed by atoms with Crippen molar-refractivity contribution in [3.8, 4) is 0 Å². The number of nitrogens with zero attached hydrogens (tertiary/aromatic N) is 1. The summed E-state index contributed by atoms with van der Waals surface area (Å²) in [7, 11) is 2.15. The van der Waals surface area contributed by atoms with Crippen molar-refractivity contribution in [3.05, 3.63) is 24.0 Å². The first-order chi connectivity index (χ1) is 6.77. The predicted molar refractivity (Wildman–Crippen MR) is 58.0 cm³/mol. The molecule has 0 saturated carbocycles. The third kappa shape index (κ3) is 2.01. The lowest BCUT2D eigenvalue weighted by Gasteiger charge is -2.13. The lowest BCUT2D eigenvalue weighted by molar-refractivity contribution is -0.695. The normalized spacial score (nSPS) is 28.7. The molecule has 14 heavy (non-hydrogen) atoms. The molecule has 1 aromatic heterocycles. The number of hydrogen-bond donors (Lipinski definition) is 1. The SMILES string of the molecule is C[C@H]1CC[NH2+][C@@H](c2cccn2C)CC1. The average molecular weight is 193 g/mol. The van der Waals surface area contributed by atoms with Gasteiger partial charge in [0.05, 0.1) is 12.2 Å². The Kier molecular flexibility index (Phi) is 2.92. The van der Waals surface area contributed by atoms with Gasteiger partial charge < -0.3 is 9.88 Å². The maximum Gasteiger partial charge on any atom is 0.127 e. The second-order valence-electron chi connectivity index (χ2n) is 4.65. The van der Waals surface area contributed by atoms with Crippen LogP contribution in [-0.4, -0.2) is 11.1 Å². The molecule has 1 aliphatic rings. The van der Waals surface area contributed by atoms with E-state index in [1.165, 1.54) is 31.5 Å². The van der Waals surface area contributed by atoms with E-state index in [2.05, 4.69) is 42.2 Å². The van der Waals surface area contributed by atoms with E-state index in [1.54, 1.807) is 0 Å². The van der Waals surface area contributed by atoms with E-state index < -0.39 is 0 Å². The minimum Gasteiger partial charge on any atom is -0.350 e. The van der Waals surface area contributed by atoms with E-state index in [9.17, 15) is 0 Å². The summed E-state index contributed by atoms with van der Waals surface area (Å²) in [6.45, 7) is 3.66. The van der Waals surface area contributed by atoms with Crippen LogP contribution in [0.3, 0.4) is 0 Å². The molecule has 1 aromatic rings. The second kappa shape index (κ2) is 4.18. The maximum absolute atomic E-state index is 2.51. The molecule has 2 atom stereocenters. The molecule has 0 spiro atoms. The molecule has 0 radical (unpaired) electrons. The van der Waals surface area contributed by atoms with Gasteiger partial charge in [-0.2, -0.15) is 0 Å². The second-order valence-corrected chi connectivity index (χ2v) is 4.65. The molecular formula is C12H21N2+. The molecule has 2 heteroatoms. The van der Waals surface area contributed by atoms with Crippen molar-refractivity contribution >= 4 is 0 Å². The van der Waals surface area contributed by atoms with Crippen molar-refractivity contribution in [2.45, 2.75) is 32.2 Å². The Hall–Kier alpha value is -0.760. The Labute approximate surface area is 86.3 Å². The minimum absolute atomic E-state index is 0.694. The first-order valence-corrected chi connectivity index (χ1v) is 5.72. The molecule has 1 aliphatic heterocycles. The molecule has 0 amide bonds. The highest BCUT2D eigenvalue weighted by Crippen LogP contribution is 2.21. The highest BCUT2D eigenvalue weighted by Gasteiger charge is 2.21. The zero-order valence-electron chi connectivity index (χ0n) is 9.24. The molecule has 2 nitrogen and oxygen atoms in total. The zero-order chi connectivity index (χ0) is 9.97. The summed E-state index contributed by atoms with van der Waals surface area (Å²) in [5, 5.41) is 2.51. The van der Waals surface area contributed by atoms with Crippen LogP contribution < -0.4 is 5.32 Å². The Morgan fingerprint density at radius 1 is 1.36 bits per heavy atom. The van der Waals surface area contributed by atoms with Crippen LogP contribution >= 0.6 is 0 Å². The molecule has 78 valence electrons. The van der Waals surface area contributed by atoms with Crippen LogP contribution in [0.4, 0.5) is 0 Å². The molecule has 0 aromatic carbocycles. The predicted octanol–water partition coefficient (Wildman–Crippen LogP) is 1.45. The monoisotopic (exact) mass is 193 g/mol. The molecule has 2 rings (SSSR count). The number of aromatic nitrogens is 1. The van der Waals surface area contributed by atoms with Gasteiger partial charge in [0.25, 0.3) is 0 Å². The Morgan fingerprint density at radius 3 is 2.93 bits per heavy atom. The summed E-state index contributed by atoms with van der Waals surface area (Å²) in [6, 6.07) is 5.11. The molecule has 0 bridgehead atoms. The number of nitrogens with two attached hydrogens (primary N) is 1. The minimum atomic E-state index is 0.694. The van der Waals surface area contributed by atoms with Gasteiger partial charge in [0, 0.05) is 19.7 Å². The first-order valence-electron chi connectivity index (χ1n) is 5.72. The van der Waals surface area contributed by atoms with Crippen LogP contribution in [-0.2, 0) is 7.05 Å². The molecule has 1 saturated heterocycles. The maximum atomic E-state index is 2.51. The van der Waals surface area contributed by atoms with Crippen LogP contribution in [0.5, 0.6) is 0 Å². The smallest absolute Gasteiger partial charge is 0.127 e. The van der Waals surface area contributed by atoms with E-state index in [0.29, 0.717) is 6.04 Å². The fourth-order valence-electron chi connectivity index (χ4n) is 2.44. The van der Waals surface area contributed by atoms with E-state index in [1.807, 2.05) is 0 Å². The third-order valence-corrected chi connectivity index (χ3v) is 3.44. The third-order valence-electron chi connectivity index (χ3n) is 3.44. The van der Waals surface area contributed by atoms with E-state index in [0.717, 1.165) is 5.92 Å². The highest BCUT2D eigenvalue weighted by molar-refractivity contribution is 5.09. The summed E-state index contributed by atoms with van der Waals surface area (Å²) in [5.41, 5.74) is 1.49. The molecular weight excluding hydrogens is 172 g/mol. The average Bonchev–Trinajstić information content (AvgIpc) is 2.46. The molecule has 2 heterocycles. The van der Waals surface area contributed by atoms with Crippen LogP contribution in [0.25, 0.3) is 0 Å². The lowest BCUT2D eigenvalue weighted by Crippen LogP contribution is -2.85. The number of rotatable bonds is 1. The molecule has 0 aliphatic carbocycles. The quantitative estimate of drug-likeness (QED) is 0.697. The van der Waals surface area contributed by atoms with Gasteiger partial charge in [-0.3, -0.25) is 0 Å². The summed E-state index contributed by atoms with van der Waals surface area (Å²) in [5.74, 6) is 0.913. The number of hydrogen-bond acceptors (Lipinski definition) is 0. The van der Waals surface area contributed by atoms with Crippen molar-refractivity contribution in [1.82, 2.24) is 4.57 Å². The Balaban J connectivity index is 2.08.